The molecule has 0 bridgehead atoms. The van der Waals surface area contributed by atoms with E-state index < -0.39 is 0 Å². The van der Waals surface area contributed by atoms with Gasteiger partial charge in [0.2, 0.25) is 0 Å². The number of aromatic nitrogens is 3. The minimum Gasteiger partial charge on any atom is -0.398 e. The van der Waals surface area contributed by atoms with Gasteiger partial charge in [-0.1, -0.05) is 37.3 Å². The van der Waals surface area contributed by atoms with E-state index in [1.54, 1.807) is 12.4 Å². The molecule has 1 aromatic carbocycles. The van der Waals surface area contributed by atoms with E-state index in [0.29, 0.717) is 0 Å². The number of rotatable bonds is 4. The summed E-state index contributed by atoms with van der Waals surface area (Å²) in [4.78, 5) is 8.49. The van der Waals surface area contributed by atoms with Crippen molar-refractivity contribution in [3.05, 3.63) is 66.9 Å². The molecule has 106 valence electrons. The Bertz CT molecular complexity index is 718. The summed E-state index contributed by atoms with van der Waals surface area (Å²) in [6.07, 6.45) is 8.18. The molecule has 0 spiro atoms. The molecule has 21 heavy (non-hydrogen) atoms. The lowest BCUT2D eigenvalue weighted by Gasteiger charge is -2.20. The lowest BCUT2D eigenvalue weighted by Crippen LogP contribution is -2.10. The second-order valence-corrected chi connectivity index (χ2v) is 4.98. The molecule has 0 fully saturated rings. The minimum atomic E-state index is 0.239. The zero-order valence-corrected chi connectivity index (χ0v) is 12.0. The predicted molar refractivity (Wildman–Crippen MR) is 84.7 cm³/mol. The summed E-state index contributed by atoms with van der Waals surface area (Å²) in [5, 5.41) is 0. The van der Waals surface area contributed by atoms with Crippen LogP contribution in [0.1, 0.15) is 24.9 Å². The van der Waals surface area contributed by atoms with Gasteiger partial charge in [-0.25, -0.2) is 4.98 Å². The van der Waals surface area contributed by atoms with E-state index >= 15 is 0 Å². The van der Waals surface area contributed by atoms with Crippen molar-refractivity contribution in [1.29, 1.82) is 0 Å². The summed E-state index contributed by atoms with van der Waals surface area (Å²) in [5.74, 6) is 0. The van der Waals surface area contributed by atoms with Gasteiger partial charge in [0.25, 0.3) is 0 Å². The molecule has 3 rings (SSSR count). The predicted octanol–water partition coefficient (Wildman–Crippen LogP) is 3.53. The van der Waals surface area contributed by atoms with Crippen molar-refractivity contribution in [2.24, 2.45) is 0 Å². The highest BCUT2D eigenvalue weighted by atomic mass is 15.1. The monoisotopic (exact) mass is 278 g/mol. The number of imidazole rings is 1. The Morgan fingerprint density at radius 3 is 2.62 bits per heavy atom. The normalized spacial score (nSPS) is 12.2. The molecular formula is C17H18N4. The Kier molecular flexibility index (Phi) is 3.69. The molecule has 4 heteroatoms. The van der Waals surface area contributed by atoms with Crippen LogP contribution < -0.4 is 5.73 Å². The smallest absolute Gasteiger partial charge is 0.0956 e. The summed E-state index contributed by atoms with van der Waals surface area (Å²) < 4.78 is 2.17. The van der Waals surface area contributed by atoms with Gasteiger partial charge in [-0.3, -0.25) is 4.98 Å². The minimum absolute atomic E-state index is 0.239. The average molecular weight is 278 g/mol. The molecule has 0 saturated heterocycles. The average Bonchev–Trinajstić information content (AvgIpc) is 2.99. The molecule has 1 unspecified atom stereocenters. The van der Waals surface area contributed by atoms with Gasteiger partial charge in [-0.2, -0.15) is 0 Å². The molecule has 3 aromatic rings. The SMILES string of the molecule is CCC(c1ccccc1)n1cncc1-c1cnccc1N. The maximum absolute atomic E-state index is 6.08. The summed E-state index contributed by atoms with van der Waals surface area (Å²) in [6.45, 7) is 2.17. The number of hydrogen-bond donors (Lipinski definition) is 1. The maximum Gasteiger partial charge on any atom is 0.0956 e. The molecule has 1 atom stereocenters. The molecule has 0 aliphatic rings. The van der Waals surface area contributed by atoms with E-state index in [1.165, 1.54) is 5.56 Å². The highest BCUT2D eigenvalue weighted by molar-refractivity contribution is 5.72. The first-order valence-corrected chi connectivity index (χ1v) is 7.08. The van der Waals surface area contributed by atoms with Crippen molar-refractivity contribution in [1.82, 2.24) is 14.5 Å². The molecular weight excluding hydrogens is 260 g/mol. The topological polar surface area (TPSA) is 56.7 Å². The number of benzene rings is 1. The standard InChI is InChI=1S/C17H18N4/c1-2-16(13-6-4-3-5-7-13)21-12-20-11-17(21)14-10-19-9-8-15(14)18/h3-12,16H,2H2,1H3,(H2,18,19). The Morgan fingerprint density at radius 2 is 1.90 bits per heavy atom. The van der Waals surface area contributed by atoms with Crippen LogP contribution in [0, 0.1) is 0 Å². The lowest BCUT2D eigenvalue weighted by molar-refractivity contribution is 0.571. The van der Waals surface area contributed by atoms with Crippen LogP contribution in [0.15, 0.2) is 61.3 Å². The third kappa shape index (κ3) is 2.52. The number of hydrogen-bond acceptors (Lipinski definition) is 3. The van der Waals surface area contributed by atoms with E-state index in [1.807, 2.05) is 24.7 Å². The Labute approximate surface area is 124 Å². The molecule has 2 N–H and O–H groups in total. The number of nitrogens with two attached hydrogens (primary N) is 1. The maximum atomic E-state index is 6.08. The number of nitrogens with zero attached hydrogens (tertiary/aromatic N) is 3. The zero-order valence-electron chi connectivity index (χ0n) is 12.0. The van der Waals surface area contributed by atoms with Gasteiger partial charge in [-0.05, 0) is 18.1 Å². The zero-order chi connectivity index (χ0) is 14.7. The summed E-state index contributed by atoms with van der Waals surface area (Å²) in [6, 6.07) is 12.5. The van der Waals surface area contributed by atoms with Gasteiger partial charge in [0.15, 0.2) is 0 Å². The van der Waals surface area contributed by atoms with E-state index in [2.05, 4.69) is 45.7 Å². The van der Waals surface area contributed by atoms with Gasteiger partial charge >= 0.3 is 0 Å². The molecule has 4 nitrogen and oxygen atoms in total. The van der Waals surface area contributed by atoms with Crippen LogP contribution >= 0.6 is 0 Å². The first-order valence-electron chi connectivity index (χ1n) is 7.08. The first kappa shape index (κ1) is 13.4. The number of anilines is 1. The summed E-state index contributed by atoms with van der Waals surface area (Å²) in [7, 11) is 0. The van der Waals surface area contributed by atoms with Crippen LogP contribution in [0.4, 0.5) is 5.69 Å². The quantitative estimate of drug-likeness (QED) is 0.794. The summed E-state index contributed by atoms with van der Waals surface area (Å²) in [5.41, 5.74) is 9.98. The molecule has 0 aliphatic heterocycles. The van der Waals surface area contributed by atoms with Crippen molar-refractivity contribution in [3.8, 4) is 11.3 Å². The van der Waals surface area contributed by atoms with E-state index in [0.717, 1.165) is 23.4 Å². The first-order chi connectivity index (χ1) is 10.3. The van der Waals surface area contributed by atoms with Gasteiger partial charge in [0.1, 0.15) is 0 Å². The van der Waals surface area contributed by atoms with Crippen molar-refractivity contribution >= 4 is 5.69 Å². The summed E-state index contributed by atoms with van der Waals surface area (Å²) >= 11 is 0. The van der Waals surface area contributed by atoms with Crippen molar-refractivity contribution < 1.29 is 0 Å². The Hall–Kier alpha value is -2.62. The van der Waals surface area contributed by atoms with E-state index in [4.69, 9.17) is 5.73 Å². The van der Waals surface area contributed by atoms with Crippen LogP contribution in [0.2, 0.25) is 0 Å². The second kappa shape index (κ2) is 5.79. The van der Waals surface area contributed by atoms with Crippen LogP contribution in [-0.2, 0) is 0 Å². The van der Waals surface area contributed by atoms with Crippen molar-refractivity contribution in [2.45, 2.75) is 19.4 Å². The second-order valence-electron chi connectivity index (χ2n) is 4.98. The fourth-order valence-corrected chi connectivity index (χ4v) is 2.65. The molecule has 0 aliphatic carbocycles. The Morgan fingerprint density at radius 1 is 1.10 bits per heavy atom. The van der Waals surface area contributed by atoms with Crippen molar-refractivity contribution in [3.63, 3.8) is 0 Å². The Balaban J connectivity index is 2.08. The van der Waals surface area contributed by atoms with E-state index in [-0.39, 0.29) is 6.04 Å². The highest BCUT2D eigenvalue weighted by Gasteiger charge is 2.16. The lowest BCUT2D eigenvalue weighted by atomic mass is 10.0. The molecule has 0 amide bonds. The van der Waals surface area contributed by atoms with Crippen LogP contribution in [0.5, 0.6) is 0 Å². The molecule has 0 saturated carbocycles. The van der Waals surface area contributed by atoms with Crippen LogP contribution in [0.25, 0.3) is 11.3 Å². The van der Waals surface area contributed by atoms with Crippen molar-refractivity contribution in [2.75, 3.05) is 5.73 Å². The fraction of sp³-hybridized carbons (Fsp3) is 0.176. The van der Waals surface area contributed by atoms with E-state index in [9.17, 15) is 0 Å². The van der Waals surface area contributed by atoms with Crippen LogP contribution in [-0.4, -0.2) is 14.5 Å². The number of pyridine rings is 1. The molecule has 2 aromatic heterocycles. The van der Waals surface area contributed by atoms with Gasteiger partial charge in [-0.15, -0.1) is 0 Å². The molecule has 0 radical (unpaired) electrons. The van der Waals surface area contributed by atoms with Gasteiger partial charge < -0.3 is 10.3 Å². The number of nitrogen functional groups attached to an aromatic ring is 1. The third-order valence-electron chi connectivity index (χ3n) is 3.70. The third-order valence-corrected chi connectivity index (χ3v) is 3.70. The van der Waals surface area contributed by atoms with Crippen LogP contribution in [0.3, 0.4) is 0 Å². The fourth-order valence-electron chi connectivity index (χ4n) is 2.65. The molecule has 2 heterocycles. The largest absolute Gasteiger partial charge is 0.398 e. The highest BCUT2D eigenvalue weighted by Crippen LogP contribution is 2.30. The van der Waals surface area contributed by atoms with Gasteiger partial charge in [0, 0.05) is 23.6 Å². The van der Waals surface area contributed by atoms with Gasteiger partial charge in [0.05, 0.1) is 24.3 Å².